The molecule has 0 aromatic heterocycles. The first kappa shape index (κ1) is 9.36. The molecule has 12 heavy (non-hydrogen) atoms. The molecule has 0 aliphatic carbocycles. The molecule has 0 fully saturated rings. The van der Waals surface area contributed by atoms with E-state index in [1.165, 1.54) is 0 Å². The van der Waals surface area contributed by atoms with Crippen LogP contribution in [-0.4, -0.2) is 17.8 Å². The second-order valence-electron chi connectivity index (χ2n) is 2.56. The smallest absolute Gasteiger partial charge is 0.119 e. The third-order valence-corrected chi connectivity index (χ3v) is 1.66. The monoisotopic (exact) mass is 186 g/mol. The highest BCUT2D eigenvalue weighted by molar-refractivity contribution is 6.30. The van der Waals surface area contributed by atoms with Gasteiger partial charge >= 0.3 is 0 Å². The average molecular weight is 187 g/mol. The predicted octanol–water partition coefficient (Wildman–Crippen LogP) is 2.10. The molecule has 1 atom stereocenters. The van der Waals surface area contributed by atoms with Crippen LogP contribution in [-0.2, 0) is 0 Å². The molecule has 1 aromatic rings. The molecule has 0 saturated heterocycles. The van der Waals surface area contributed by atoms with Gasteiger partial charge in [0, 0.05) is 5.02 Å². The van der Waals surface area contributed by atoms with Gasteiger partial charge in [0.1, 0.15) is 11.9 Å². The highest BCUT2D eigenvalue weighted by Crippen LogP contribution is 2.16. The van der Waals surface area contributed by atoms with Crippen molar-refractivity contribution in [2.24, 2.45) is 0 Å². The molecule has 3 heteroatoms. The van der Waals surface area contributed by atoms with Crippen molar-refractivity contribution >= 4 is 11.6 Å². The summed E-state index contributed by atoms with van der Waals surface area (Å²) in [4.78, 5) is 0. The minimum absolute atomic E-state index is 0.0165. The van der Waals surface area contributed by atoms with E-state index in [2.05, 4.69) is 0 Å². The van der Waals surface area contributed by atoms with Crippen LogP contribution >= 0.6 is 11.6 Å². The van der Waals surface area contributed by atoms with E-state index < -0.39 is 0 Å². The van der Waals surface area contributed by atoms with Crippen LogP contribution in [0.1, 0.15) is 6.92 Å². The van der Waals surface area contributed by atoms with Gasteiger partial charge in [0.15, 0.2) is 0 Å². The molecule has 0 aliphatic rings. The topological polar surface area (TPSA) is 29.5 Å². The fraction of sp³-hybridized carbons (Fsp3) is 0.333. The molecule has 1 aromatic carbocycles. The molecule has 1 N–H and O–H groups in total. The molecule has 0 amide bonds. The number of aliphatic hydroxyl groups is 1. The Morgan fingerprint density at radius 1 is 1.42 bits per heavy atom. The average Bonchev–Trinajstić information content (AvgIpc) is 2.09. The normalized spacial score (nSPS) is 12.6. The Morgan fingerprint density at radius 3 is 2.50 bits per heavy atom. The van der Waals surface area contributed by atoms with E-state index in [9.17, 15) is 0 Å². The Kier molecular flexibility index (Phi) is 3.38. The first-order chi connectivity index (χ1) is 5.72. The van der Waals surface area contributed by atoms with Crippen molar-refractivity contribution in [1.82, 2.24) is 0 Å². The summed E-state index contributed by atoms with van der Waals surface area (Å²) in [6.45, 7) is 1.82. The Hall–Kier alpha value is -0.730. The van der Waals surface area contributed by atoms with Crippen molar-refractivity contribution in [2.75, 3.05) is 6.61 Å². The van der Waals surface area contributed by atoms with Crippen molar-refractivity contribution in [2.45, 2.75) is 13.0 Å². The molecule has 0 spiro atoms. The zero-order valence-corrected chi connectivity index (χ0v) is 7.58. The molecule has 0 saturated carbocycles. The summed E-state index contributed by atoms with van der Waals surface area (Å²) in [6.07, 6.45) is -0.175. The minimum atomic E-state index is -0.175. The van der Waals surface area contributed by atoms with Crippen LogP contribution in [0.2, 0.25) is 5.02 Å². The maximum Gasteiger partial charge on any atom is 0.119 e. The zero-order valence-electron chi connectivity index (χ0n) is 6.83. The van der Waals surface area contributed by atoms with E-state index in [-0.39, 0.29) is 12.7 Å². The third-order valence-electron chi connectivity index (χ3n) is 1.41. The summed E-state index contributed by atoms with van der Waals surface area (Å²) in [7, 11) is 0. The van der Waals surface area contributed by atoms with E-state index in [1.54, 1.807) is 31.2 Å². The van der Waals surface area contributed by atoms with E-state index in [1.807, 2.05) is 0 Å². The molecular weight excluding hydrogens is 176 g/mol. The molecule has 66 valence electrons. The molecule has 1 rings (SSSR count). The fourth-order valence-corrected chi connectivity index (χ4v) is 0.909. The summed E-state index contributed by atoms with van der Waals surface area (Å²) in [5, 5.41) is 9.38. The summed E-state index contributed by atoms with van der Waals surface area (Å²) in [6, 6.07) is 7.05. The van der Waals surface area contributed by atoms with Crippen molar-refractivity contribution < 1.29 is 9.84 Å². The van der Waals surface area contributed by atoms with Crippen LogP contribution in [0, 0.1) is 0 Å². The highest BCUT2D eigenvalue weighted by atomic mass is 35.5. The zero-order chi connectivity index (χ0) is 8.97. The van der Waals surface area contributed by atoms with Gasteiger partial charge in [-0.25, -0.2) is 0 Å². The second kappa shape index (κ2) is 4.33. The number of rotatable bonds is 3. The Balaban J connectivity index is 2.58. The van der Waals surface area contributed by atoms with Crippen molar-refractivity contribution in [3.63, 3.8) is 0 Å². The molecule has 0 aliphatic heterocycles. The van der Waals surface area contributed by atoms with Crippen LogP contribution in [0.4, 0.5) is 0 Å². The summed E-state index contributed by atoms with van der Waals surface area (Å²) in [5.41, 5.74) is 0. The van der Waals surface area contributed by atoms with Gasteiger partial charge < -0.3 is 9.84 Å². The van der Waals surface area contributed by atoms with Gasteiger partial charge in [-0.05, 0) is 31.2 Å². The van der Waals surface area contributed by atoms with Crippen molar-refractivity contribution in [3.8, 4) is 5.75 Å². The fourth-order valence-electron chi connectivity index (χ4n) is 0.783. The summed E-state index contributed by atoms with van der Waals surface area (Å²) < 4.78 is 5.31. The van der Waals surface area contributed by atoms with Crippen LogP contribution in [0.25, 0.3) is 0 Å². The van der Waals surface area contributed by atoms with Gasteiger partial charge in [0.2, 0.25) is 0 Å². The standard InChI is InChI=1S/C9H11ClO2/c1-7(6-11)12-9-4-2-8(10)3-5-9/h2-5,7,11H,6H2,1H3. The number of hydrogen-bond donors (Lipinski definition) is 1. The van der Waals surface area contributed by atoms with Gasteiger partial charge in [0.25, 0.3) is 0 Å². The third kappa shape index (κ3) is 2.72. The summed E-state index contributed by atoms with van der Waals surface area (Å²) in [5.74, 6) is 0.723. The predicted molar refractivity (Wildman–Crippen MR) is 48.6 cm³/mol. The van der Waals surface area contributed by atoms with Crippen LogP contribution in [0.3, 0.4) is 0 Å². The number of hydrogen-bond acceptors (Lipinski definition) is 2. The lowest BCUT2D eigenvalue weighted by molar-refractivity contribution is 0.130. The molecular formula is C9H11ClO2. The first-order valence-corrected chi connectivity index (χ1v) is 4.13. The summed E-state index contributed by atoms with van der Waals surface area (Å²) >= 11 is 5.68. The Morgan fingerprint density at radius 2 is 2.00 bits per heavy atom. The van der Waals surface area contributed by atoms with E-state index in [4.69, 9.17) is 21.4 Å². The first-order valence-electron chi connectivity index (χ1n) is 3.75. The van der Waals surface area contributed by atoms with Gasteiger partial charge in [-0.2, -0.15) is 0 Å². The molecule has 0 bridgehead atoms. The maximum atomic E-state index is 8.70. The lowest BCUT2D eigenvalue weighted by atomic mass is 10.3. The minimum Gasteiger partial charge on any atom is -0.488 e. The van der Waals surface area contributed by atoms with Crippen molar-refractivity contribution in [3.05, 3.63) is 29.3 Å². The van der Waals surface area contributed by atoms with Crippen LogP contribution in [0.15, 0.2) is 24.3 Å². The SMILES string of the molecule is CC(CO)Oc1ccc(Cl)cc1. The number of ether oxygens (including phenoxy) is 1. The van der Waals surface area contributed by atoms with Gasteiger partial charge in [0.05, 0.1) is 6.61 Å². The van der Waals surface area contributed by atoms with Crippen molar-refractivity contribution in [1.29, 1.82) is 0 Å². The van der Waals surface area contributed by atoms with Gasteiger partial charge in [-0.1, -0.05) is 11.6 Å². The Bertz CT molecular complexity index is 233. The lowest BCUT2D eigenvalue weighted by Crippen LogP contribution is -2.15. The van der Waals surface area contributed by atoms with Crippen LogP contribution < -0.4 is 4.74 Å². The van der Waals surface area contributed by atoms with E-state index >= 15 is 0 Å². The van der Waals surface area contributed by atoms with E-state index in [0.29, 0.717) is 5.02 Å². The molecule has 2 nitrogen and oxygen atoms in total. The Labute approximate surface area is 76.7 Å². The number of benzene rings is 1. The lowest BCUT2D eigenvalue weighted by Gasteiger charge is -2.11. The molecule has 1 unspecified atom stereocenters. The highest BCUT2D eigenvalue weighted by Gasteiger charge is 2.00. The van der Waals surface area contributed by atoms with Crippen LogP contribution in [0.5, 0.6) is 5.75 Å². The largest absolute Gasteiger partial charge is 0.488 e. The molecule has 0 heterocycles. The van der Waals surface area contributed by atoms with E-state index in [0.717, 1.165) is 5.75 Å². The second-order valence-corrected chi connectivity index (χ2v) is 3.00. The molecule has 0 radical (unpaired) electrons. The van der Waals surface area contributed by atoms with Gasteiger partial charge in [-0.3, -0.25) is 0 Å². The number of halogens is 1. The quantitative estimate of drug-likeness (QED) is 0.784. The maximum absolute atomic E-state index is 8.70. The van der Waals surface area contributed by atoms with Gasteiger partial charge in [-0.15, -0.1) is 0 Å². The number of aliphatic hydroxyl groups excluding tert-OH is 1.